The lowest BCUT2D eigenvalue weighted by Crippen LogP contribution is -2.65. The molecule has 0 radical (unpaired) electrons. The molecule has 0 spiro atoms. The van der Waals surface area contributed by atoms with Crippen LogP contribution in [0.15, 0.2) is 6.20 Å². The number of hydrogen-bond donors (Lipinski definition) is 0. The molecule has 8 nitrogen and oxygen atoms in total. The van der Waals surface area contributed by atoms with Gasteiger partial charge in [0.15, 0.2) is 0 Å². The lowest BCUT2D eigenvalue weighted by atomic mass is 9.57. The van der Waals surface area contributed by atoms with Gasteiger partial charge in [-0.1, -0.05) is 13.8 Å². The Kier molecular flexibility index (Phi) is 4.33. The average Bonchev–Trinajstić information content (AvgIpc) is 2.92. The number of hydrogen-bond acceptors (Lipinski definition) is 6. The first-order chi connectivity index (χ1) is 11.3. The van der Waals surface area contributed by atoms with Gasteiger partial charge in [-0.25, -0.2) is 0 Å². The Balaban J connectivity index is 1.55. The maximum atomic E-state index is 12.2. The van der Waals surface area contributed by atoms with Crippen LogP contribution in [0.25, 0.3) is 0 Å². The van der Waals surface area contributed by atoms with Gasteiger partial charge in [0.1, 0.15) is 12.3 Å². The lowest BCUT2D eigenvalue weighted by molar-refractivity contribution is -0.389. The minimum absolute atomic E-state index is 0.117. The van der Waals surface area contributed by atoms with E-state index in [2.05, 4.69) is 18.8 Å². The van der Waals surface area contributed by atoms with E-state index in [1.165, 1.54) is 6.20 Å². The van der Waals surface area contributed by atoms with Crippen LogP contribution in [0.2, 0.25) is 0 Å². The number of nitro groups is 1. The molecule has 1 saturated carbocycles. The Morgan fingerprint density at radius 2 is 2.33 bits per heavy atom. The molecule has 0 bridgehead atoms. The molecule has 0 amide bonds. The van der Waals surface area contributed by atoms with Gasteiger partial charge in [-0.3, -0.25) is 4.79 Å². The second-order valence-electron chi connectivity index (χ2n) is 7.18. The largest absolute Gasteiger partial charge is 0.461 e. The number of carbonyl (C=O) groups excluding carboxylic acids is 1. The van der Waals surface area contributed by atoms with E-state index in [-0.39, 0.29) is 41.7 Å². The van der Waals surface area contributed by atoms with Crippen LogP contribution in [0.5, 0.6) is 0 Å². The van der Waals surface area contributed by atoms with E-state index in [1.807, 2.05) is 0 Å². The first kappa shape index (κ1) is 16.9. The smallest absolute Gasteiger partial charge is 0.381 e. The molecule has 1 saturated heterocycles. The summed E-state index contributed by atoms with van der Waals surface area (Å²) in [5.74, 6) is 0.309. The van der Waals surface area contributed by atoms with Crippen LogP contribution in [-0.2, 0) is 20.8 Å². The van der Waals surface area contributed by atoms with Crippen LogP contribution in [0.4, 0.5) is 5.82 Å². The maximum absolute atomic E-state index is 12.2. The number of ether oxygens (including phenoxy) is 2. The molecule has 0 aromatic carbocycles. The fraction of sp³-hybridized carbons (Fsp3) is 0.750. The monoisotopic (exact) mass is 337 g/mol. The van der Waals surface area contributed by atoms with Gasteiger partial charge in [0.25, 0.3) is 0 Å². The number of aromatic nitrogens is 2. The average molecular weight is 337 g/mol. The van der Waals surface area contributed by atoms with Crippen LogP contribution < -0.4 is 0 Å². The van der Waals surface area contributed by atoms with Gasteiger partial charge in [-0.15, -0.1) is 0 Å². The predicted octanol–water partition coefficient (Wildman–Crippen LogP) is 2.24. The van der Waals surface area contributed by atoms with E-state index in [0.717, 1.165) is 19.4 Å². The van der Waals surface area contributed by atoms with Crippen molar-refractivity contribution in [3.05, 3.63) is 22.1 Å². The summed E-state index contributed by atoms with van der Waals surface area (Å²) < 4.78 is 13.1. The zero-order valence-electron chi connectivity index (χ0n) is 14.2. The van der Waals surface area contributed by atoms with Gasteiger partial charge in [0.2, 0.25) is 5.82 Å². The van der Waals surface area contributed by atoms with Crippen molar-refractivity contribution < 1.29 is 19.2 Å². The second-order valence-corrected chi connectivity index (χ2v) is 7.18. The summed E-state index contributed by atoms with van der Waals surface area (Å²) in [7, 11) is 0. The van der Waals surface area contributed by atoms with Crippen molar-refractivity contribution in [3.8, 4) is 0 Å². The molecule has 1 aromatic heterocycles. The van der Waals surface area contributed by atoms with Gasteiger partial charge in [-0.05, 0) is 22.7 Å². The molecule has 0 unspecified atom stereocenters. The van der Waals surface area contributed by atoms with Gasteiger partial charge in [0.05, 0.1) is 12.5 Å². The Labute approximate surface area is 140 Å². The van der Waals surface area contributed by atoms with E-state index in [9.17, 15) is 14.9 Å². The maximum Gasteiger partial charge on any atom is 0.381 e. The highest BCUT2D eigenvalue weighted by Crippen LogP contribution is 2.53. The van der Waals surface area contributed by atoms with Crippen molar-refractivity contribution in [2.24, 2.45) is 11.3 Å². The van der Waals surface area contributed by atoms with Crippen molar-refractivity contribution in [2.75, 3.05) is 6.61 Å². The molecular formula is C16H23N3O5. The van der Waals surface area contributed by atoms with Crippen LogP contribution >= 0.6 is 0 Å². The lowest BCUT2D eigenvalue weighted by Gasteiger charge is -2.58. The molecule has 3 rings (SSSR count). The zero-order valence-corrected chi connectivity index (χ0v) is 14.2. The molecule has 0 N–H and O–H groups in total. The highest BCUT2D eigenvalue weighted by molar-refractivity contribution is 5.69. The van der Waals surface area contributed by atoms with Crippen molar-refractivity contribution >= 4 is 11.8 Å². The summed E-state index contributed by atoms with van der Waals surface area (Å²) in [6.45, 7) is 6.92. The van der Waals surface area contributed by atoms with Crippen molar-refractivity contribution in [3.63, 3.8) is 0 Å². The van der Waals surface area contributed by atoms with E-state index in [4.69, 9.17) is 9.47 Å². The molecule has 8 heteroatoms. The number of carbonyl (C=O) groups is 1. The summed E-state index contributed by atoms with van der Waals surface area (Å²) in [5.41, 5.74) is -0.162. The number of fused-ring (bicyclic) bond motifs is 1. The third-order valence-corrected chi connectivity index (χ3v) is 5.19. The van der Waals surface area contributed by atoms with Gasteiger partial charge in [-0.2, -0.15) is 0 Å². The van der Waals surface area contributed by atoms with E-state index < -0.39 is 4.92 Å². The highest BCUT2D eigenvalue weighted by atomic mass is 16.6. The molecule has 132 valence electrons. The molecule has 2 fully saturated rings. The van der Waals surface area contributed by atoms with Crippen LogP contribution in [0.3, 0.4) is 0 Å². The molecule has 24 heavy (non-hydrogen) atoms. The predicted molar refractivity (Wildman–Crippen MR) is 84.4 cm³/mol. The molecule has 1 aromatic rings. The number of aryl methyl sites for hydroxylation is 2. The van der Waals surface area contributed by atoms with Gasteiger partial charge >= 0.3 is 11.8 Å². The van der Waals surface area contributed by atoms with Crippen LogP contribution in [0.1, 0.15) is 38.9 Å². The van der Waals surface area contributed by atoms with Crippen LogP contribution in [-0.4, -0.2) is 39.3 Å². The molecule has 1 aliphatic heterocycles. The van der Waals surface area contributed by atoms with E-state index in [1.54, 1.807) is 11.5 Å². The standard InChI is InChI=1S/C16H23N3O5/c1-10-17-12(19(21)22)9-18(10)7-6-13(20)24-15-11-5-4-8-23-14(11)16(15,2)3/h9,11,14-15H,4-8H2,1-3H3/t11-,14+,15-/m1/s1. The Hall–Kier alpha value is -1.96. The first-order valence-electron chi connectivity index (χ1n) is 8.30. The summed E-state index contributed by atoms with van der Waals surface area (Å²) in [6, 6.07) is 0. The Morgan fingerprint density at radius 3 is 3.00 bits per heavy atom. The Bertz CT molecular complexity index is 654. The Morgan fingerprint density at radius 1 is 1.58 bits per heavy atom. The molecule has 2 heterocycles. The minimum atomic E-state index is -0.540. The quantitative estimate of drug-likeness (QED) is 0.464. The molecule has 2 aliphatic rings. The number of imidazole rings is 1. The van der Waals surface area contributed by atoms with Gasteiger partial charge < -0.3 is 24.2 Å². The summed E-state index contributed by atoms with van der Waals surface area (Å²) in [4.78, 5) is 26.2. The third-order valence-electron chi connectivity index (χ3n) is 5.19. The minimum Gasteiger partial charge on any atom is -0.461 e. The topological polar surface area (TPSA) is 96.5 Å². The van der Waals surface area contributed by atoms with Crippen molar-refractivity contribution in [1.82, 2.24) is 9.55 Å². The normalized spacial score (nSPS) is 27.9. The summed E-state index contributed by atoms with van der Waals surface area (Å²) in [6.07, 6.45) is 3.60. The number of esters is 1. The van der Waals surface area contributed by atoms with Crippen molar-refractivity contribution in [1.29, 1.82) is 0 Å². The summed E-state index contributed by atoms with van der Waals surface area (Å²) in [5, 5.41) is 10.7. The molecule has 3 atom stereocenters. The van der Waals surface area contributed by atoms with Gasteiger partial charge in [0, 0.05) is 31.4 Å². The fourth-order valence-corrected chi connectivity index (χ4v) is 3.93. The first-order valence-corrected chi connectivity index (χ1v) is 8.30. The summed E-state index contributed by atoms with van der Waals surface area (Å²) >= 11 is 0. The number of rotatable bonds is 5. The van der Waals surface area contributed by atoms with Crippen LogP contribution in [0, 0.1) is 28.4 Å². The fourth-order valence-electron chi connectivity index (χ4n) is 3.93. The third kappa shape index (κ3) is 2.90. The molecule has 1 aliphatic carbocycles. The second kappa shape index (κ2) is 6.16. The SMILES string of the molecule is Cc1nc([N+](=O)[O-])cn1CCC(=O)O[C@@H]1[C@@H]2CCCO[C@@H]2C1(C)C. The number of nitrogens with zero attached hydrogens (tertiary/aromatic N) is 3. The zero-order chi connectivity index (χ0) is 17.5. The van der Waals surface area contributed by atoms with Crippen molar-refractivity contribution in [2.45, 2.75) is 58.8 Å². The van der Waals surface area contributed by atoms with E-state index >= 15 is 0 Å². The molecular weight excluding hydrogens is 314 g/mol. The van der Waals surface area contributed by atoms with E-state index in [0.29, 0.717) is 12.4 Å². The highest BCUT2D eigenvalue weighted by Gasteiger charge is 2.60.